The first-order valence-electron chi connectivity index (χ1n) is 7.58. The molecule has 0 amide bonds. The summed E-state index contributed by atoms with van der Waals surface area (Å²) >= 11 is 0. The molecule has 1 N–H and O–H groups in total. The molecule has 0 radical (unpaired) electrons. The van der Waals surface area contributed by atoms with Gasteiger partial charge in [-0.15, -0.1) is 0 Å². The van der Waals surface area contributed by atoms with Gasteiger partial charge in [-0.2, -0.15) is 0 Å². The van der Waals surface area contributed by atoms with Gasteiger partial charge in [-0.25, -0.2) is 0 Å². The van der Waals surface area contributed by atoms with Gasteiger partial charge in [-0.05, 0) is 24.1 Å². The molecular weight excluding hydrogens is 252 g/mol. The van der Waals surface area contributed by atoms with Crippen LogP contribution in [0.1, 0.15) is 34.6 Å². The summed E-state index contributed by atoms with van der Waals surface area (Å²) in [5.41, 5.74) is 0. The van der Waals surface area contributed by atoms with Gasteiger partial charge in [0.2, 0.25) is 0 Å². The Labute approximate surface area is 120 Å². The molecule has 0 heterocycles. The Balaban J connectivity index is 5.04. The Morgan fingerprint density at radius 3 is 2.05 bits per heavy atom. The third kappa shape index (κ3) is 5.63. The summed E-state index contributed by atoms with van der Waals surface area (Å²) < 4.78 is 6.59. The molecule has 0 aliphatic rings. The minimum atomic E-state index is -1.63. The lowest BCUT2D eigenvalue weighted by Crippen LogP contribution is -2.44. The highest BCUT2D eigenvalue weighted by Gasteiger charge is 2.35. The Bertz CT molecular complexity index is 264. The van der Waals surface area contributed by atoms with Gasteiger partial charge in [0.25, 0.3) is 0 Å². The third-order valence-electron chi connectivity index (χ3n) is 4.24. The van der Waals surface area contributed by atoms with E-state index in [-0.39, 0.29) is 18.6 Å². The molecule has 0 aliphatic carbocycles. The molecule has 112 valence electrons. The highest BCUT2D eigenvalue weighted by Crippen LogP contribution is 2.29. The second kappa shape index (κ2) is 9.51. The molecule has 0 fully saturated rings. The zero-order chi connectivity index (χ0) is 14.9. The Hall–Kier alpha value is -0.383. The van der Waals surface area contributed by atoms with Crippen LogP contribution in [-0.4, -0.2) is 26.1 Å². The molecule has 0 spiro atoms. The highest BCUT2D eigenvalue weighted by molar-refractivity contribution is 6.73. The summed E-state index contributed by atoms with van der Waals surface area (Å²) in [5, 5.41) is 9.49. The normalized spacial score (nSPS) is 17.4. The van der Waals surface area contributed by atoms with Gasteiger partial charge in [0.1, 0.15) is 0 Å². The molecule has 0 bridgehead atoms. The summed E-state index contributed by atoms with van der Waals surface area (Å²) in [6, 6.07) is 3.44. The number of hydrogen-bond donors (Lipinski definition) is 1. The van der Waals surface area contributed by atoms with Gasteiger partial charge in [-0.1, -0.05) is 59.4 Å². The lowest BCUT2D eigenvalue weighted by atomic mass is 9.94. The highest BCUT2D eigenvalue weighted by atomic mass is 28.4. The molecule has 0 aromatic heterocycles. The average Bonchev–Trinajstić information content (AvgIpc) is 2.46. The molecule has 0 saturated carbocycles. The first-order valence-corrected chi connectivity index (χ1v) is 10.1. The van der Waals surface area contributed by atoms with E-state index >= 15 is 0 Å². The predicted molar refractivity (Wildman–Crippen MR) is 86.8 cm³/mol. The maximum absolute atomic E-state index is 9.49. The van der Waals surface area contributed by atoms with E-state index < -0.39 is 8.32 Å². The van der Waals surface area contributed by atoms with Crippen molar-refractivity contribution in [3.8, 4) is 0 Å². The van der Waals surface area contributed by atoms with Crippen LogP contribution < -0.4 is 0 Å². The van der Waals surface area contributed by atoms with Crippen molar-refractivity contribution in [2.45, 2.75) is 58.9 Å². The average molecular weight is 285 g/mol. The van der Waals surface area contributed by atoms with E-state index in [0.29, 0.717) is 5.92 Å². The predicted octanol–water partition coefficient (Wildman–Crippen LogP) is 4.38. The molecule has 19 heavy (non-hydrogen) atoms. The van der Waals surface area contributed by atoms with Crippen molar-refractivity contribution in [1.82, 2.24) is 0 Å². The van der Waals surface area contributed by atoms with Crippen molar-refractivity contribution in [1.29, 1.82) is 0 Å². The molecule has 3 atom stereocenters. The number of aliphatic hydroxyl groups is 1. The van der Waals surface area contributed by atoms with E-state index in [9.17, 15) is 5.11 Å². The van der Waals surface area contributed by atoms with E-state index in [1.165, 1.54) is 0 Å². The van der Waals surface area contributed by atoms with Crippen molar-refractivity contribution in [2.24, 2.45) is 11.8 Å². The Morgan fingerprint density at radius 2 is 1.68 bits per heavy atom. The summed E-state index contributed by atoms with van der Waals surface area (Å²) in [5.74, 6) is 0.470. The minimum Gasteiger partial charge on any atom is -0.413 e. The lowest BCUT2D eigenvalue weighted by molar-refractivity contribution is 0.0621. The third-order valence-corrected chi connectivity index (χ3v) is 8.88. The van der Waals surface area contributed by atoms with Crippen molar-refractivity contribution < 1.29 is 9.53 Å². The van der Waals surface area contributed by atoms with Crippen LogP contribution in [0.5, 0.6) is 0 Å². The number of allylic oxidation sites excluding steroid dienone is 2. The van der Waals surface area contributed by atoms with Crippen LogP contribution in [0, 0.1) is 11.8 Å². The van der Waals surface area contributed by atoms with Crippen LogP contribution in [0.25, 0.3) is 0 Å². The summed E-state index contributed by atoms with van der Waals surface area (Å²) in [4.78, 5) is 0. The summed E-state index contributed by atoms with van der Waals surface area (Å²) in [6.45, 7) is 14.8. The standard InChI is InChI=1S/C16H32O2Si/c1-7-11-12-14(5)16(15(6)13-17)18-19(8-2,9-3)10-4/h7,11-12,14-17H,1,8-10,13H2,2-6H3/b12-11-/t14-,15-,16-/m0/s1. The smallest absolute Gasteiger partial charge is 0.192 e. The fourth-order valence-electron chi connectivity index (χ4n) is 2.50. The summed E-state index contributed by atoms with van der Waals surface area (Å²) in [6.07, 6.45) is 6.00. The van der Waals surface area contributed by atoms with Crippen LogP contribution in [0.3, 0.4) is 0 Å². The van der Waals surface area contributed by atoms with Gasteiger partial charge in [0.05, 0.1) is 6.10 Å². The number of hydrogen-bond acceptors (Lipinski definition) is 2. The first kappa shape index (κ1) is 18.6. The quantitative estimate of drug-likeness (QED) is 0.476. The largest absolute Gasteiger partial charge is 0.413 e. The first-order chi connectivity index (χ1) is 9.00. The zero-order valence-corrected chi connectivity index (χ0v) is 14.4. The van der Waals surface area contributed by atoms with Gasteiger partial charge in [0.15, 0.2) is 8.32 Å². The molecule has 0 unspecified atom stereocenters. The molecule has 0 aromatic carbocycles. The van der Waals surface area contributed by atoms with E-state index in [2.05, 4.69) is 47.3 Å². The van der Waals surface area contributed by atoms with Crippen LogP contribution in [0.4, 0.5) is 0 Å². The van der Waals surface area contributed by atoms with Gasteiger partial charge in [-0.3, -0.25) is 0 Å². The van der Waals surface area contributed by atoms with Gasteiger partial charge in [0, 0.05) is 12.5 Å². The summed E-state index contributed by atoms with van der Waals surface area (Å²) in [7, 11) is -1.63. The van der Waals surface area contributed by atoms with Crippen molar-refractivity contribution in [2.75, 3.05) is 6.61 Å². The second-order valence-corrected chi connectivity index (χ2v) is 10.2. The SMILES string of the molecule is C=C/C=C\[C@H](C)[C@H](O[Si](CC)(CC)CC)[C@@H](C)CO. The van der Waals surface area contributed by atoms with E-state index in [0.717, 1.165) is 18.1 Å². The van der Waals surface area contributed by atoms with Crippen LogP contribution in [-0.2, 0) is 4.43 Å². The fraction of sp³-hybridized carbons (Fsp3) is 0.750. The molecule has 0 aliphatic heterocycles. The monoisotopic (exact) mass is 284 g/mol. The van der Waals surface area contributed by atoms with E-state index in [4.69, 9.17) is 4.43 Å². The van der Waals surface area contributed by atoms with Crippen molar-refractivity contribution >= 4 is 8.32 Å². The molecule has 3 heteroatoms. The van der Waals surface area contributed by atoms with Crippen LogP contribution in [0.2, 0.25) is 18.1 Å². The van der Waals surface area contributed by atoms with Gasteiger partial charge < -0.3 is 9.53 Å². The van der Waals surface area contributed by atoms with Crippen molar-refractivity contribution in [3.05, 3.63) is 24.8 Å². The fourth-order valence-corrected chi connectivity index (χ4v) is 5.52. The Kier molecular flexibility index (Phi) is 9.32. The molecule has 2 nitrogen and oxygen atoms in total. The van der Waals surface area contributed by atoms with Crippen LogP contribution in [0.15, 0.2) is 24.8 Å². The number of aliphatic hydroxyl groups excluding tert-OH is 1. The van der Waals surface area contributed by atoms with Gasteiger partial charge >= 0.3 is 0 Å². The molecule has 0 rings (SSSR count). The molecular formula is C16H32O2Si. The molecule has 0 saturated heterocycles. The number of rotatable bonds is 10. The van der Waals surface area contributed by atoms with Crippen LogP contribution >= 0.6 is 0 Å². The zero-order valence-electron chi connectivity index (χ0n) is 13.4. The second-order valence-electron chi connectivity index (χ2n) is 5.47. The maximum atomic E-state index is 9.49. The Morgan fingerprint density at radius 1 is 1.16 bits per heavy atom. The van der Waals surface area contributed by atoms with Crippen molar-refractivity contribution in [3.63, 3.8) is 0 Å². The maximum Gasteiger partial charge on any atom is 0.192 e. The van der Waals surface area contributed by atoms with E-state index in [1.807, 2.05) is 6.08 Å². The van der Waals surface area contributed by atoms with E-state index in [1.54, 1.807) is 6.08 Å². The lowest BCUT2D eigenvalue weighted by Gasteiger charge is -2.38. The topological polar surface area (TPSA) is 29.5 Å². The molecule has 0 aromatic rings. The minimum absolute atomic E-state index is 0.104.